The number of ether oxygens (including phenoxy) is 2. The summed E-state index contributed by atoms with van der Waals surface area (Å²) in [4.78, 5) is 31.2. The number of hydrazone groups is 1. The Kier molecular flexibility index (Phi) is 6.01. The van der Waals surface area contributed by atoms with Crippen molar-refractivity contribution in [3.05, 3.63) is 64.1 Å². The Labute approximate surface area is 161 Å². The van der Waals surface area contributed by atoms with Crippen LogP contribution in [0.3, 0.4) is 0 Å². The number of benzene rings is 2. The Morgan fingerprint density at radius 3 is 2.79 bits per heavy atom. The molecule has 0 unspecified atom stereocenters. The Balaban J connectivity index is 1.62. The van der Waals surface area contributed by atoms with E-state index in [2.05, 4.69) is 20.5 Å². The quantitative estimate of drug-likeness (QED) is 0.482. The molecule has 1 aromatic heterocycles. The first kappa shape index (κ1) is 19.1. The molecule has 28 heavy (non-hydrogen) atoms. The van der Waals surface area contributed by atoms with E-state index in [1.165, 1.54) is 13.3 Å². The predicted octanol–water partition coefficient (Wildman–Crippen LogP) is 2.02. The highest BCUT2D eigenvalue weighted by Gasteiger charge is 2.09. The smallest absolute Gasteiger partial charge is 0.270 e. The van der Waals surface area contributed by atoms with Gasteiger partial charge in [0.25, 0.3) is 5.56 Å². The average Bonchev–Trinajstić information content (AvgIpc) is 2.71. The van der Waals surface area contributed by atoms with Crippen molar-refractivity contribution in [1.29, 1.82) is 0 Å². The van der Waals surface area contributed by atoms with Crippen molar-refractivity contribution in [3.8, 4) is 11.5 Å². The molecule has 0 aliphatic carbocycles. The zero-order valence-electron chi connectivity index (χ0n) is 15.6. The Bertz CT molecular complexity index is 1080. The number of methoxy groups -OCH3 is 2. The van der Waals surface area contributed by atoms with Crippen LogP contribution in [0.1, 0.15) is 17.7 Å². The number of aromatic amines is 1. The molecule has 0 fully saturated rings. The van der Waals surface area contributed by atoms with E-state index in [1.54, 1.807) is 37.4 Å². The van der Waals surface area contributed by atoms with Gasteiger partial charge in [0.1, 0.15) is 5.69 Å². The molecule has 0 saturated heterocycles. The van der Waals surface area contributed by atoms with Crippen LogP contribution in [0.15, 0.2) is 52.4 Å². The van der Waals surface area contributed by atoms with Gasteiger partial charge >= 0.3 is 0 Å². The van der Waals surface area contributed by atoms with Crippen molar-refractivity contribution in [2.75, 3.05) is 14.2 Å². The Morgan fingerprint density at radius 1 is 1.18 bits per heavy atom. The van der Waals surface area contributed by atoms with Crippen LogP contribution in [0.4, 0.5) is 0 Å². The summed E-state index contributed by atoms with van der Waals surface area (Å²) in [5.74, 6) is 0.766. The maximum absolute atomic E-state index is 12.1. The number of hydrogen-bond acceptors (Lipinski definition) is 6. The van der Waals surface area contributed by atoms with Crippen molar-refractivity contribution in [1.82, 2.24) is 15.4 Å². The number of aryl methyl sites for hydroxylation is 1. The summed E-state index contributed by atoms with van der Waals surface area (Å²) in [6.07, 6.45) is 1.77. The summed E-state index contributed by atoms with van der Waals surface area (Å²) >= 11 is 0. The van der Waals surface area contributed by atoms with Crippen LogP contribution in [0.2, 0.25) is 0 Å². The van der Waals surface area contributed by atoms with Crippen LogP contribution in [-0.4, -0.2) is 36.3 Å². The fourth-order valence-electron chi connectivity index (χ4n) is 2.71. The zero-order valence-corrected chi connectivity index (χ0v) is 15.6. The number of rotatable bonds is 7. The first-order valence-corrected chi connectivity index (χ1v) is 8.63. The van der Waals surface area contributed by atoms with Crippen LogP contribution in [0.5, 0.6) is 11.5 Å². The second kappa shape index (κ2) is 8.81. The van der Waals surface area contributed by atoms with Gasteiger partial charge in [-0.15, -0.1) is 0 Å². The number of fused-ring (bicyclic) bond motifs is 1. The lowest BCUT2D eigenvalue weighted by atomic mass is 10.2. The standard InChI is InChI=1S/C20H20N4O4/c1-27-17-9-5-6-13(19(17)28-2)12-21-24-18(25)11-10-16-20(26)23-15-8-4-3-7-14(15)22-16/h3-9,12H,10-11H2,1-2H3,(H,23,26)(H,24,25)/b21-12+. The summed E-state index contributed by atoms with van der Waals surface area (Å²) in [6.45, 7) is 0. The maximum Gasteiger partial charge on any atom is 0.270 e. The average molecular weight is 380 g/mol. The normalized spacial score (nSPS) is 10.9. The number of H-pyrrole nitrogens is 1. The molecule has 0 aliphatic rings. The lowest BCUT2D eigenvalue weighted by Gasteiger charge is -2.09. The largest absolute Gasteiger partial charge is 0.493 e. The van der Waals surface area contributed by atoms with Crippen LogP contribution >= 0.6 is 0 Å². The lowest BCUT2D eigenvalue weighted by molar-refractivity contribution is -0.121. The molecular weight excluding hydrogens is 360 g/mol. The SMILES string of the molecule is COc1cccc(/C=N/NC(=O)CCc2nc3ccccc3[nH]c2=O)c1OC. The van der Waals surface area contributed by atoms with Gasteiger partial charge < -0.3 is 14.5 Å². The second-order valence-corrected chi connectivity index (χ2v) is 5.91. The number of aromatic nitrogens is 2. The molecule has 3 aromatic rings. The summed E-state index contributed by atoms with van der Waals surface area (Å²) in [6, 6.07) is 12.6. The molecule has 1 heterocycles. The monoisotopic (exact) mass is 380 g/mol. The van der Waals surface area contributed by atoms with Crippen LogP contribution in [-0.2, 0) is 11.2 Å². The van der Waals surface area contributed by atoms with E-state index in [9.17, 15) is 9.59 Å². The van der Waals surface area contributed by atoms with Crippen LogP contribution in [0.25, 0.3) is 11.0 Å². The predicted molar refractivity (Wildman–Crippen MR) is 106 cm³/mol. The minimum atomic E-state index is -0.326. The number of carbonyl (C=O) groups is 1. The molecule has 0 bridgehead atoms. The topological polar surface area (TPSA) is 106 Å². The number of hydrogen-bond donors (Lipinski definition) is 2. The molecule has 2 N–H and O–H groups in total. The molecule has 8 nitrogen and oxygen atoms in total. The third-order valence-corrected chi connectivity index (χ3v) is 4.08. The minimum absolute atomic E-state index is 0.0843. The van der Waals surface area contributed by atoms with Gasteiger partial charge in [-0.2, -0.15) is 5.10 Å². The summed E-state index contributed by atoms with van der Waals surface area (Å²) in [7, 11) is 3.07. The molecule has 0 aliphatic heterocycles. The molecule has 1 amide bonds. The number of nitrogens with zero attached hydrogens (tertiary/aromatic N) is 2. The fraction of sp³-hybridized carbons (Fsp3) is 0.200. The minimum Gasteiger partial charge on any atom is -0.493 e. The van der Waals surface area contributed by atoms with Gasteiger partial charge in [-0.1, -0.05) is 18.2 Å². The third kappa shape index (κ3) is 4.35. The van der Waals surface area contributed by atoms with Crippen LogP contribution < -0.4 is 20.5 Å². The van der Waals surface area contributed by atoms with E-state index in [1.807, 2.05) is 12.1 Å². The first-order valence-electron chi connectivity index (χ1n) is 8.63. The molecule has 2 aromatic carbocycles. The van der Waals surface area contributed by atoms with Gasteiger partial charge in [0, 0.05) is 18.4 Å². The first-order chi connectivity index (χ1) is 13.6. The molecule has 3 rings (SSSR count). The van der Waals surface area contributed by atoms with Gasteiger partial charge in [0.05, 0.1) is 31.5 Å². The molecule has 144 valence electrons. The maximum atomic E-state index is 12.1. The summed E-state index contributed by atoms with van der Waals surface area (Å²) in [5.41, 5.74) is 4.47. The number of amides is 1. The van der Waals surface area contributed by atoms with E-state index in [-0.39, 0.29) is 24.3 Å². The van der Waals surface area contributed by atoms with Gasteiger partial charge in [-0.05, 0) is 24.3 Å². The van der Waals surface area contributed by atoms with Crippen molar-refractivity contribution >= 4 is 23.2 Å². The van der Waals surface area contributed by atoms with Crippen molar-refractivity contribution < 1.29 is 14.3 Å². The molecule has 0 atom stereocenters. The summed E-state index contributed by atoms with van der Waals surface area (Å²) < 4.78 is 10.5. The van der Waals surface area contributed by atoms with Crippen molar-refractivity contribution in [3.63, 3.8) is 0 Å². The summed E-state index contributed by atoms with van der Waals surface area (Å²) in [5, 5.41) is 3.94. The van der Waals surface area contributed by atoms with Gasteiger partial charge in [0.15, 0.2) is 11.5 Å². The number of carbonyl (C=O) groups excluding carboxylic acids is 1. The van der Waals surface area contributed by atoms with E-state index in [0.717, 1.165) is 0 Å². The van der Waals surface area contributed by atoms with Crippen molar-refractivity contribution in [2.45, 2.75) is 12.8 Å². The fourth-order valence-corrected chi connectivity index (χ4v) is 2.71. The number of para-hydroxylation sites is 3. The van der Waals surface area contributed by atoms with E-state index in [4.69, 9.17) is 9.47 Å². The third-order valence-electron chi connectivity index (χ3n) is 4.08. The molecule has 0 spiro atoms. The van der Waals surface area contributed by atoms with Gasteiger partial charge in [-0.3, -0.25) is 9.59 Å². The van der Waals surface area contributed by atoms with Gasteiger partial charge in [-0.25, -0.2) is 10.4 Å². The molecule has 0 radical (unpaired) electrons. The highest BCUT2D eigenvalue weighted by Crippen LogP contribution is 2.29. The second-order valence-electron chi connectivity index (χ2n) is 5.91. The van der Waals surface area contributed by atoms with E-state index < -0.39 is 0 Å². The van der Waals surface area contributed by atoms with Crippen LogP contribution in [0, 0.1) is 0 Å². The van der Waals surface area contributed by atoms with E-state index in [0.29, 0.717) is 33.8 Å². The highest BCUT2D eigenvalue weighted by molar-refractivity contribution is 5.86. The molecule has 8 heteroatoms. The van der Waals surface area contributed by atoms with Crippen molar-refractivity contribution in [2.24, 2.45) is 5.10 Å². The Hall–Kier alpha value is -3.68. The zero-order chi connectivity index (χ0) is 19.9. The highest BCUT2D eigenvalue weighted by atomic mass is 16.5. The molecule has 0 saturated carbocycles. The number of nitrogens with one attached hydrogen (secondary N) is 2. The lowest BCUT2D eigenvalue weighted by Crippen LogP contribution is -2.21. The van der Waals surface area contributed by atoms with E-state index >= 15 is 0 Å². The Morgan fingerprint density at radius 2 is 2.00 bits per heavy atom. The molecular formula is C20H20N4O4. The van der Waals surface area contributed by atoms with Gasteiger partial charge in [0.2, 0.25) is 5.91 Å².